The van der Waals surface area contributed by atoms with Crippen LogP contribution in [-0.4, -0.2) is 55.5 Å². The van der Waals surface area contributed by atoms with Crippen molar-refractivity contribution < 1.29 is 8.42 Å². The first-order valence-corrected chi connectivity index (χ1v) is 7.40. The summed E-state index contributed by atoms with van der Waals surface area (Å²) >= 11 is 3.03. The Hall–Kier alpha value is 0.350. The van der Waals surface area contributed by atoms with E-state index in [1.165, 1.54) is 0 Å². The van der Waals surface area contributed by atoms with Crippen LogP contribution in [0.3, 0.4) is 0 Å². The third kappa shape index (κ3) is 2.92. The zero-order valence-corrected chi connectivity index (χ0v) is 11.0. The van der Waals surface area contributed by atoms with Crippen molar-refractivity contribution in [3.63, 3.8) is 0 Å². The van der Waals surface area contributed by atoms with E-state index in [0.717, 1.165) is 19.4 Å². The maximum absolute atomic E-state index is 11.7. The third-order valence-electron chi connectivity index (χ3n) is 2.39. The van der Waals surface area contributed by atoms with Crippen LogP contribution in [0.25, 0.3) is 0 Å². The van der Waals surface area contributed by atoms with Gasteiger partial charge in [-0.1, -0.05) is 15.9 Å². The van der Waals surface area contributed by atoms with Crippen LogP contribution in [-0.2, 0) is 10.0 Å². The van der Waals surface area contributed by atoms with Gasteiger partial charge in [0, 0.05) is 19.1 Å². The Labute approximate surface area is 94.4 Å². The van der Waals surface area contributed by atoms with Gasteiger partial charge in [-0.25, -0.2) is 8.42 Å². The van der Waals surface area contributed by atoms with Crippen molar-refractivity contribution >= 4 is 26.0 Å². The molecule has 1 aliphatic heterocycles. The summed E-state index contributed by atoms with van der Waals surface area (Å²) in [5.41, 5.74) is 0. The van der Waals surface area contributed by atoms with E-state index >= 15 is 0 Å². The fourth-order valence-corrected chi connectivity index (χ4v) is 3.79. The highest BCUT2D eigenvalue weighted by molar-refractivity contribution is 9.10. The monoisotopic (exact) mass is 284 g/mol. The van der Waals surface area contributed by atoms with Crippen LogP contribution in [0.2, 0.25) is 0 Å². The highest BCUT2D eigenvalue weighted by Crippen LogP contribution is 2.22. The predicted octanol–water partition coefficient (Wildman–Crippen LogP) is 0.695. The topological polar surface area (TPSA) is 40.6 Å². The van der Waals surface area contributed by atoms with E-state index in [1.807, 2.05) is 19.0 Å². The Morgan fingerprint density at radius 1 is 1.50 bits per heavy atom. The summed E-state index contributed by atoms with van der Waals surface area (Å²) in [6.45, 7) is 1.48. The lowest BCUT2D eigenvalue weighted by Gasteiger charge is -2.25. The summed E-state index contributed by atoms with van der Waals surface area (Å²) < 4.78 is 25.0. The summed E-state index contributed by atoms with van der Waals surface area (Å²) in [5, 5.41) is 0. The molecule has 1 saturated heterocycles. The molecule has 6 heteroatoms. The van der Waals surface area contributed by atoms with Gasteiger partial charge in [0.1, 0.15) is 4.66 Å². The van der Waals surface area contributed by atoms with Gasteiger partial charge in [0.25, 0.3) is 0 Å². The molecule has 1 heterocycles. The molecular weight excluding hydrogens is 268 g/mol. The van der Waals surface area contributed by atoms with Crippen molar-refractivity contribution in [2.24, 2.45) is 0 Å². The minimum atomic E-state index is -3.07. The lowest BCUT2D eigenvalue weighted by Crippen LogP contribution is -2.41. The van der Waals surface area contributed by atoms with Crippen molar-refractivity contribution in [3.05, 3.63) is 0 Å². The lowest BCUT2D eigenvalue weighted by atomic mass is 10.2. The number of hydrogen-bond donors (Lipinski definition) is 0. The van der Waals surface area contributed by atoms with Gasteiger partial charge in [0.2, 0.25) is 10.0 Å². The quantitative estimate of drug-likeness (QED) is 0.714. The standard InChI is InChI=1S/C8H17BrN2O2S/c1-10(2)6-8-4-3-5-11(8)14(12,13)7-9/h8H,3-7H2,1-2H3. The first-order valence-electron chi connectivity index (χ1n) is 4.67. The second-order valence-electron chi connectivity index (χ2n) is 3.89. The molecule has 0 aromatic heterocycles. The Balaban J connectivity index is 2.69. The normalized spacial score (nSPS) is 24.7. The number of halogens is 1. The van der Waals surface area contributed by atoms with Gasteiger partial charge in [0.15, 0.2) is 0 Å². The van der Waals surface area contributed by atoms with Gasteiger partial charge in [-0.3, -0.25) is 0 Å². The minimum absolute atomic E-state index is 0.0317. The van der Waals surface area contributed by atoms with E-state index in [0.29, 0.717) is 6.54 Å². The molecule has 0 N–H and O–H groups in total. The van der Waals surface area contributed by atoms with Crippen molar-refractivity contribution in [2.45, 2.75) is 18.9 Å². The van der Waals surface area contributed by atoms with Crippen LogP contribution in [0.4, 0.5) is 0 Å². The smallest absolute Gasteiger partial charge is 0.224 e. The molecule has 0 spiro atoms. The highest BCUT2D eigenvalue weighted by atomic mass is 79.9. The van der Waals surface area contributed by atoms with E-state index in [9.17, 15) is 8.42 Å². The maximum atomic E-state index is 11.7. The van der Waals surface area contributed by atoms with E-state index in [1.54, 1.807) is 4.31 Å². The Kier molecular flexibility index (Phi) is 4.36. The lowest BCUT2D eigenvalue weighted by molar-refractivity contribution is 0.292. The maximum Gasteiger partial charge on any atom is 0.224 e. The average molecular weight is 285 g/mol. The summed E-state index contributed by atoms with van der Waals surface area (Å²) in [4.78, 5) is 2.03. The van der Waals surface area contributed by atoms with Crippen molar-refractivity contribution in [2.75, 3.05) is 31.8 Å². The zero-order valence-electron chi connectivity index (χ0n) is 8.61. The molecule has 1 fully saturated rings. The zero-order chi connectivity index (χ0) is 10.8. The summed E-state index contributed by atoms with van der Waals surface area (Å²) in [6, 6.07) is 0.160. The largest absolute Gasteiger partial charge is 0.308 e. The van der Waals surface area contributed by atoms with Gasteiger partial charge in [0.05, 0.1) is 0 Å². The van der Waals surface area contributed by atoms with Crippen molar-refractivity contribution in [1.82, 2.24) is 9.21 Å². The van der Waals surface area contributed by atoms with Gasteiger partial charge in [-0.2, -0.15) is 4.31 Å². The molecule has 1 unspecified atom stereocenters. The van der Waals surface area contributed by atoms with Crippen LogP contribution in [0.1, 0.15) is 12.8 Å². The van der Waals surface area contributed by atoms with Crippen molar-refractivity contribution in [1.29, 1.82) is 0 Å². The summed E-state index contributed by atoms with van der Waals surface area (Å²) in [7, 11) is 0.870. The van der Waals surface area contributed by atoms with Crippen LogP contribution in [0.15, 0.2) is 0 Å². The molecular formula is C8H17BrN2O2S. The number of hydrogen-bond acceptors (Lipinski definition) is 3. The van der Waals surface area contributed by atoms with E-state index in [2.05, 4.69) is 15.9 Å². The van der Waals surface area contributed by atoms with E-state index in [4.69, 9.17) is 0 Å². The molecule has 1 aliphatic rings. The molecule has 4 nitrogen and oxygen atoms in total. The molecule has 84 valence electrons. The third-order valence-corrected chi connectivity index (χ3v) is 5.60. The van der Waals surface area contributed by atoms with Crippen LogP contribution in [0, 0.1) is 0 Å². The fraction of sp³-hybridized carbons (Fsp3) is 1.00. The van der Waals surface area contributed by atoms with Gasteiger partial charge < -0.3 is 4.90 Å². The van der Waals surface area contributed by atoms with Gasteiger partial charge >= 0.3 is 0 Å². The Morgan fingerprint density at radius 2 is 2.14 bits per heavy atom. The first kappa shape index (κ1) is 12.4. The minimum Gasteiger partial charge on any atom is -0.308 e. The van der Waals surface area contributed by atoms with Crippen LogP contribution < -0.4 is 0 Å². The second kappa shape index (κ2) is 4.92. The number of nitrogens with zero attached hydrogens (tertiary/aromatic N) is 2. The van der Waals surface area contributed by atoms with E-state index in [-0.39, 0.29) is 10.7 Å². The Bertz CT molecular complexity index is 279. The molecule has 0 saturated carbocycles. The highest BCUT2D eigenvalue weighted by Gasteiger charge is 2.33. The van der Waals surface area contributed by atoms with Crippen LogP contribution in [0.5, 0.6) is 0 Å². The summed E-state index contributed by atoms with van der Waals surface area (Å²) in [6.07, 6.45) is 1.95. The Morgan fingerprint density at radius 3 is 2.64 bits per heavy atom. The van der Waals surface area contributed by atoms with Crippen molar-refractivity contribution in [3.8, 4) is 0 Å². The predicted molar refractivity (Wildman–Crippen MR) is 61.0 cm³/mol. The number of alkyl halides is 1. The first-order chi connectivity index (χ1) is 6.47. The SMILES string of the molecule is CN(C)CC1CCCN1S(=O)(=O)CBr. The van der Waals surface area contributed by atoms with Gasteiger partial charge in [-0.05, 0) is 26.9 Å². The molecule has 0 radical (unpaired) electrons. The number of likely N-dealkylation sites (N-methyl/N-ethyl adjacent to an activating group) is 1. The molecule has 0 bridgehead atoms. The molecule has 1 atom stereocenters. The number of sulfonamides is 1. The molecule has 0 aromatic carbocycles. The molecule has 1 rings (SSSR count). The summed E-state index contributed by atoms with van der Waals surface area (Å²) in [5.74, 6) is 0. The molecule has 0 aromatic rings. The van der Waals surface area contributed by atoms with E-state index < -0.39 is 10.0 Å². The molecule has 0 amide bonds. The fourth-order valence-electron chi connectivity index (χ4n) is 1.84. The van der Waals surface area contributed by atoms with Gasteiger partial charge in [-0.15, -0.1) is 0 Å². The number of rotatable bonds is 4. The molecule has 14 heavy (non-hydrogen) atoms. The van der Waals surface area contributed by atoms with Crippen LogP contribution >= 0.6 is 15.9 Å². The average Bonchev–Trinajstić information content (AvgIpc) is 2.52. The molecule has 0 aliphatic carbocycles. The second-order valence-corrected chi connectivity index (χ2v) is 7.11.